The second-order valence-corrected chi connectivity index (χ2v) is 8.73. The molecule has 1 heterocycles. The normalized spacial score (nSPS) is 11.5. The van der Waals surface area contributed by atoms with Crippen molar-refractivity contribution >= 4 is 22.1 Å². The van der Waals surface area contributed by atoms with Gasteiger partial charge in [-0.2, -0.15) is 9.41 Å². The number of carbonyl (C=O) groups excluding carboxylic acids is 1. The minimum absolute atomic E-state index is 0.0269. The van der Waals surface area contributed by atoms with Crippen LogP contribution in [0.4, 0.5) is 0 Å². The van der Waals surface area contributed by atoms with E-state index in [2.05, 4.69) is 15.5 Å². The zero-order valence-corrected chi connectivity index (χ0v) is 19.0. The molecule has 0 fully saturated rings. The molecular weight excluding hydrogens is 444 g/mol. The lowest BCUT2D eigenvalue weighted by Gasteiger charge is -2.23. The fourth-order valence-corrected chi connectivity index (χ4v) is 4.51. The molecular formula is C23H24N4O5S. The lowest BCUT2D eigenvalue weighted by atomic mass is 10.2. The van der Waals surface area contributed by atoms with Crippen molar-refractivity contribution in [2.75, 3.05) is 20.8 Å². The van der Waals surface area contributed by atoms with Gasteiger partial charge in [0.15, 0.2) is 0 Å². The number of nitrogens with zero attached hydrogens (tertiary/aromatic N) is 3. The number of amides is 1. The smallest absolute Gasteiger partial charge is 0.255 e. The van der Waals surface area contributed by atoms with Gasteiger partial charge in [-0.15, -0.1) is 0 Å². The largest absolute Gasteiger partial charge is 0.497 e. The van der Waals surface area contributed by atoms with Crippen LogP contribution in [0.5, 0.6) is 11.5 Å². The summed E-state index contributed by atoms with van der Waals surface area (Å²) in [7, 11) is -1.33. The quantitative estimate of drug-likeness (QED) is 0.362. The fourth-order valence-electron chi connectivity index (χ4n) is 2.96. The molecule has 1 aromatic heterocycles. The number of hydrogen-bond acceptors (Lipinski definition) is 7. The van der Waals surface area contributed by atoms with Gasteiger partial charge in [0.2, 0.25) is 10.0 Å². The predicted molar refractivity (Wildman–Crippen MR) is 124 cm³/mol. The number of hydrogen-bond donors (Lipinski definition) is 1. The Hall–Kier alpha value is -3.76. The van der Waals surface area contributed by atoms with Gasteiger partial charge in [0.25, 0.3) is 5.91 Å². The Balaban J connectivity index is 1.87. The molecule has 33 heavy (non-hydrogen) atoms. The summed E-state index contributed by atoms with van der Waals surface area (Å²) >= 11 is 0. The molecule has 0 bridgehead atoms. The maximum Gasteiger partial charge on any atom is 0.255 e. The number of sulfonamides is 1. The molecule has 0 aliphatic heterocycles. The predicted octanol–water partition coefficient (Wildman–Crippen LogP) is 2.44. The van der Waals surface area contributed by atoms with Crippen molar-refractivity contribution in [2.24, 2.45) is 5.10 Å². The van der Waals surface area contributed by atoms with Crippen molar-refractivity contribution in [2.45, 2.75) is 11.4 Å². The van der Waals surface area contributed by atoms with Crippen LogP contribution >= 0.6 is 0 Å². The maximum absolute atomic E-state index is 13.6. The van der Waals surface area contributed by atoms with Gasteiger partial charge in [0.1, 0.15) is 16.4 Å². The maximum atomic E-state index is 13.6. The highest BCUT2D eigenvalue weighted by Gasteiger charge is 2.30. The molecule has 0 spiro atoms. The number of rotatable bonds is 10. The lowest BCUT2D eigenvalue weighted by molar-refractivity contribution is -0.121. The van der Waals surface area contributed by atoms with E-state index in [0.717, 1.165) is 4.31 Å². The first-order valence-corrected chi connectivity index (χ1v) is 11.4. The summed E-state index contributed by atoms with van der Waals surface area (Å²) < 4.78 is 38.7. The highest BCUT2D eigenvalue weighted by molar-refractivity contribution is 7.89. The van der Waals surface area contributed by atoms with E-state index in [1.54, 1.807) is 54.7 Å². The van der Waals surface area contributed by atoms with Gasteiger partial charge < -0.3 is 9.47 Å². The Morgan fingerprint density at radius 3 is 2.48 bits per heavy atom. The average Bonchev–Trinajstić information content (AvgIpc) is 2.84. The highest BCUT2D eigenvalue weighted by atomic mass is 32.2. The molecule has 172 valence electrons. The molecule has 2 aromatic carbocycles. The molecule has 10 heteroatoms. The van der Waals surface area contributed by atoms with E-state index in [0.29, 0.717) is 17.0 Å². The second kappa shape index (κ2) is 11.2. The molecule has 0 saturated heterocycles. The Morgan fingerprint density at radius 2 is 1.82 bits per heavy atom. The molecule has 0 saturated carbocycles. The van der Waals surface area contributed by atoms with Crippen LogP contribution in [0, 0.1) is 0 Å². The van der Waals surface area contributed by atoms with Gasteiger partial charge >= 0.3 is 0 Å². The molecule has 3 aromatic rings. The lowest BCUT2D eigenvalue weighted by Crippen LogP contribution is -2.39. The van der Waals surface area contributed by atoms with Gasteiger partial charge in [0.05, 0.1) is 32.7 Å². The third-order valence-corrected chi connectivity index (χ3v) is 6.40. The van der Waals surface area contributed by atoms with E-state index in [1.165, 1.54) is 32.6 Å². The van der Waals surface area contributed by atoms with Crippen LogP contribution in [-0.2, 0) is 21.4 Å². The number of benzene rings is 2. The molecule has 0 aliphatic rings. The highest BCUT2D eigenvalue weighted by Crippen LogP contribution is 2.31. The summed E-state index contributed by atoms with van der Waals surface area (Å²) in [6.45, 7) is -0.488. The summed E-state index contributed by atoms with van der Waals surface area (Å²) in [5.74, 6) is -0.121. The Labute approximate surface area is 192 Å². The molecule has 0 aliphatic carbocycles. The van der Waals surface area contributed by atoms with Gasteiger partial charge in [-0.05, 0) is 29.8 Å². The van der Waals surface area contributed by atoms with Crippen molar-refractivity contribution in [1.29, 1.82) is 0 Å². The Kier molecular flexibility index (Phi) is 8.11. The molecule has 0 unspecified atom stereocenters. The van der Waals surface area contributed by atoms with Crippen molar-refractivity contribution < 1.29 is 22.7 Å². The van der Waals surface area contributed by atoms with Crippen LogP contribution in [-0.4, -0.2) is 50.6 Å². The Morgan fingerprint density at radius 1 is 1.06 bits per heavy atom. The standard InChI is InChI=1S/C23H24N4O5S/c1-31-20-11-12-21(32-2)22(14-20)33(29,30)27(16-18-8-4-3-5-9-18)17-23(28)26-25-15-19-10-6-7-13-24-19/h3-15H,16-17H2,1-2H3,(H,26,28). The minimum Gasteiger partial charge on any atom is -0.497 e. The monoisotopic (exact) mass is 468 g/mol. The van der Waals surface area contributed by atoms with Crippen molar-refractivity contribution in [3.05, 3.63) is 84.2 Å². The third kappa shape index (κ3) is 6.37. The number of carbonyl (C=O) groups is 1. The molecule has 0 atom stereocenters. The van der Waals surface area contributed by atoms with Crippen LogP contribution in [0.25, 0.3) is 0 Å². The summed E-state index contributed by atoms with van der Waals surface area (Å²) in [6, 6.07) is 18.7. The number of hydrazone groups is 1. The zero-order valence-electron chi connectivity index (χ0n) is 18.2. The van der Waals surface area contributed by atoms with E-state index < -0.39 is 22.5 Å². The second-order valence-electron chi connectivity index (χ2n) is 6.82. The topological polar surface area (TPSA) is 110 Å². The Bertz CT molecular complexity index is 1200. The first-order chi connectivity index (χ1) is 15.9. The molecule has 3 rings (SSSR count). The summed E-state index contributed by atoms with van der Waals surface area (Å²) in [6.07, 6.45) is 2.97. The molecule has 1 N–H and O–H groups in total. The van der Waals surface area contributed by atoms with E-state index >= 15 is 0 Å². The number of methoxy groups -OCH3 is 2. The number of aromatic nitrogens is 1. The van der Waals surface area contributed by atoms with Crippen LogP contribution in [0.2, 0.25) is 0 Å². The van der Waals surface area contributed by atoms with Crippen LogP contribution in [0.3, 0.4) is 0 Å². The van der Waals surface area contributed by atoms with E-state index in [9.17, 15) is 13.2 Å². The molecule has 1 amide bonds. The van der Waals surface area contributed by atoms with Crippen LogP contribution < -0.4 is 14.9 Å². The summed E-state index contributed by atoms with van der Waals surface area (Å²) in [5, 5.41) is 3.86. The number of nitrogens with one attached hydrogen (secondary N) is 1. The number of ether oxygens (including phenoxy) is 2. The van der Waals surface area contributed by atoms with E-state index in [4.69, 9.17) is 9.47 Å². The van der Waals surface area contributed by atoms with Gasteiger partial charge in [-0.25, -0.2) is 13.8 Å². The van der Waals surface area contributed by atoms with Crippen LogP contribution in [0.1, 0.15) is 11.3 Å². The average molecular weight is 469 g/mol. The SMILES string of the molecule is COc1ccc(OC)c(S(=O)(=O)N(CC(=O)NN=Cc2ccccn2)Cc2ccccc2)c1. The minimum atomic E-state index is -4.14. The third-order valence-electron chi connectivity index (χ3n) is 4.58. The first kappa shape index (κ1) is 23.9. The van der Waals surface area contributed by atoms with Crippen LogP contribution in [0.15, 0.2) is 82.9 Å². The zero-order chi connectivity index (χ0) is 23.7. The summed E-state index contributed by atoms with van der Waals surface area (Å²) in [5.41, 5.74) is 3.61. The van der Waals surface area contributed by atoms with Gasteiger partial charge in [-0.1, -0.05) is 36.4 Å². The number of pyridine rings is 1. The van der Waals surface area contributed by atoms with Gasteiger partial charge in [0, 0.05) is 18.8 Å². The molecule has 0 radical (unpaired) electrons. The van der Waals surface area contributed by atoms with Crippen molar-refractivity contribution in [3.8, 4) is 11.5 Å². The van der Waals surface area contributed by atoms with Crippen molar-refractivity contribution in [1.82, 2.24) is 14.7 Å². The van der Waals surface area contributed by atoms with E-state index in [1.807, 2.05) is 6.07 Å². The first-order valence-electron chi connectivity index (χ1n) is 9.93. The van der Waals surface area contributed by atoms with Gasteiger partial charge in [-0.3, -0.25) is 9.78 Å². The van der Waals surface area contributed by atoms with Crippen molar-refractivity contribution in [3.63, 3.8) is 0 Å². The summed E-state index contributed by atoms with van der Waals surface area (Å²) in [4.78, 5) is 16.5. The van der Waals surface area contributed by atoms with E-state index in [-0.39, 0.29) is 17.2 Å². The molecule has 9 nitrogen and oxygen atoms in total. The fraction of sp³-hybridized carbons (Fsp3) is 0.174.